The summed E-state index contributed by atoms with van der Waals surface area (Å²) >= 11 is 0. The molecule has 2 unspecified atom stereocenters. The van der Waals surface area contributed by atoms with E-state index in [0.717, 1.165) is 24.3 Å². The van der Waals surface area contributed by atoms with Gasteiger partial charge in [-0.15, -0.1) is 6.42 Å². The Hall–Kier alpha value is -1.17. The fraction of sp³-hybridized carbons (Fsp3) is 0.800. The van der Waals surface area contributed by atoms with Crippen LogP contribution in [0, 0.1) is 24.2 Å². The number of hydrogen-bond acceptors (Lipinski definition) is 1. The maximum atomic E-state index is 5.25. The molecule has 3 heteroatoms. The van der Waals surface area contributed by atoms with Crippen molar-refractivity contribution in [3.8, 4) is 12.3 Å². The van der Waals surface area contributed by atoms with Crippen molar-refractivity contribution in [1.29, 1.82) is 0 Å². The van der Waals surface area contributed by atoms with Gasteiger partial charge >= 0.3 is 0 Å². The summed E-state index contributed by atoms with van der Waals surface area (Å²) in [6, 6.07) is 0.628. The third kappa shape index (κ3) is 3.66. The minimum absolute atomic E-state index is 0.455. The lowest BCUT2D eigenvalue weighted by Crippen LogP contribution is -2.39. The number of terminal acetylenes is 1. The number of rotatable bonds is 4. The van der Waals surface area contributed by atoms with Gasteiger partial charge in [0.15, 0.2) is 5.96 Å². The van der Waals surface area contributed by atoms with E-state index in [4.69, 9.17) is 6.42 Å². The highest BCUT2D eigenvalue weighted by Gasteiger charge is 2.43. The van der Waals surface area contributed by atoms with Gasteiger partial charge in [-0.1, -0.05) is 38.0 Å². The smallest absolute Gasteiger partial charge is 0.192 e. The molecule has 2 saturated carbocycles. The monoisotopic (exact) mass is 247 g/mol. The first-order chi connectivity index (χ1) is 8.85. The molecule has 0 aromatic carbocycles. The Bertz CT molecular complexity index is 323. The number of nitrogens with zero attached hydrogens (tertiary/aromatic N) is 1. The zero-order valence-corrected chi connectivity index (χ0v) is 11.4. The molecular weight excluding hydrogens is 222 g/mol. The first-order valence-corrected chi connectivity index (χ1v) is 7.33. The molecule has 0 heterocycles. The minimum Gasteiger partial charge on any atom is -0.357 e. The Morgan fingerprint density at radius 1 is 1.33 bits per heavy atom. The topological polar surface area (TPSA) is 36.4 Å². The van der Waals surface area contributed by atoms with Crippen LogP contribution < -0.4 is 10.6 Å². The van der Waals surface area contributed by atoms with E-state index in [2.05, 4.69) is 28.5 Å². The summed E-state index contributed by atoms with van der Waals surface area (Å²) < 4.78 is 0. The molecular formula is C15H25N3. The largest absolute Gasteiger partial charge is 0.357 e. The fourth-order valence-electron chi connectivity index (χ4n) is 3.08. The highest BCUT2D eigenvalue weighted by atomic mass is 15.2. The maximum absolute atomic E-state index is 5.25. The zero-order chi connectivity index (χ0) is 12.8. The molecule has 0 aromatic heterocycles. The molecule has 18 heavy (non-hydrogen) atoms. The highest BCUT2D eigenvalue weighted by molar-refractivity contribution is 5.80. The van der Waals surface area contributed by atoms with Crippen LogP contribution in [-0.4, -0.2) is 25.1 Å². The number of nitrogens with one attached hydrogen (secondary N) is 2. The normalized spacial score (nSPS) is 28.6. The molecule has 0 radical (unpaired) electrons. The van der Waals surface area contributed by atoms with Crippen molar-refractivity contribution in [2.45, 2.75) is 51.5 Å². The molecule has 100 valence electrons. The molecule has 2 fully saturated rings. The van der Waals surface area contributed by atoms with Crippen LogP contribution in [0.1, 0.15) is 45.4 Å². The van der Waals surface area contributed by atoms with Crippen LogP contribution in [0.5, 0.6) is 0 Å². The number of hydrogen-bond donors (Lipinski definition) is 2. The summed E-state index contributed by atoms with van der Waals surface area (Å²) in [5.74, 6) is 5.27. The standard InChI is InChI=1S/C15H25N3/c1-3-10-17-15(16-4-2)18-14-11-13(14)12-8-6-5-7-9-12/h1,12-14H,4-11H2,2H3,(H2,16,17,18). The van der Waals surface area contributed by atoms with Crippen LogP contribution in [0.3, 0.4) is 0 Å². The van der Waals surface area contributed by atoms with E-state index in [9.17, 15) is 0 Å². The van der Waals surface area contributed by atoms with Crippen LogP contribution >= 0.6 is 0 Å². The molecule has 0 aromatic rings. The van der Waals surface area contributed by atoms with Crippen LogP contribution in [0.15, 0.2) is 4.99 Å². The van der Waals surface area contributed by atoms with Gasteiger partial charge in [-0.2, -0.15) is 0 Å². The van der Waals surface area contributed by atoms with E-state index in [1.165, 1.54) is 38.5 Å². The molecule has 0 aliphatic heterocycles. The van der Waals surface area contributed by atoms with Crippen molar-refractivity contribution in [1.82, 2.24) is 10.6 Å². The minimum atomic E-state index is 0.455. The van der Waals surface area contributed by atoms with Crippen molar-refractivity contribution in [2.24, 2.45) is 16.8 Å². The Labute approximate surface area is 111 Å². The predicted molar refractivity (Wildman–Crippen MR) is 76.4 cm³/mol. The van der Waals surface area contributed by atoms with Gasteiger partial charge in [0.05, 0.1) is 0 Å². The second-order valence-corrected chi connectivity index (χ2v) is 5.45. The van der Waals surface area contributed by atoms with E-state index in [-0.39, 0.29) is 0 Å². The third-order valence-electron chi connectivity index (χ3n) is 4.09. The molecule has 0 spiro atoms. The molecule has 0 bridgehead atoms. The Balaban J connectivity index is 1.77. The van der Waals surface area contributed by atoms with Gasteiger partial charge < -0.3 is 10.6 Å². The first-order valence-electron chi connectivity index (χ1n) is 7.33. The van der Waals surface area contributed by atoms with Gasteiger partial charge in [-0.3, -0.25) is 0 Å². The molecule has 0 amide bonds. The highest BCUT2D eigenvalue weighted by Crippen LogP contribution is 2.44. The van der Waals surface area contributed by atoms with Gasteiger partial charge in [-0.25, -0.2) is 4.99 Å². The lowest BCUT2D eigenvalue weighted by atomic mass is 9.85. The van der Waals surface area contributed by atoms with Gasteiger partial charge in [0.2, 0.25) is 0 Å². The van der Waals surface area contributed by atoms with Crippen molar-refractivity contribution >= 4 is 5.96 Å². The molecule has 0 saturated heterocycles. The zero-order valence-electron chi connectivity index (χ0n) is 11.4. The lowest BCUT2D eigenvalue weighted by molar-refractivity contribution is 0.315. The predicted octanol–water partition coefficient (Wildman–Crippen LogP) is 2.14. The molecule has 2 aliphatic rings. The average molecular weight is 247 g/mol. The maximum Gasteiger partial charge on any atom is 0.192 e. The third-order valence-corrected chi connectivity index (χ3v) is 4.09. The van der Waals surface area contributed by atoms with Crippen LogP contribution in [-0.2, 0) is 0 Å². The summed E-state index contributed by atoms with van der Waals surface area (Å²) in [6.45, 7) is 3.42. The average Bonchev–Trinajstić information content (AvgIpc) is 3.16. The van der Waals surface area contributed by atoms with Gasteiger partial charge in [0, 0.05) is 12.6 Å². The van der Waals surface area contributed by atoms with Crippen molar-refractivity contribution < 1.29 is 0 Å². The van der Waals surface area contributed by atoms with Crippen molar-refractivity contribution in [2.75, 3.05) is 13.1 Å². The summed E-state index contributed by atoms with van der Waals surface area (Å²) in [5.41, 5.74) is 0. The van der Waals surface area contributed by atoms with E-state index in [1.54, 1.807) is 0 Å². The Kier molecular flexibility index (Phi) is 4.92. The molecule has 2 rings (SSSR count). The van der Waals surface area contributed by atoms with Crippen molar-refractivity contribution in [3.05, 3.63) is 0 Å². The van der Waals surface area contributed by atoms with Gasteiger partial charge in [0.25, 0.3) is 0 Å². The van der Waals surface area contributed by atoms with Crippen molar-refractivity contribution in [3.63, 3.8) is 0 Å². The lowest BCUT2D eigenvalue weighted by Gasteiger charge is -2.22. The SMILES string of the molecule is C#CCN=C(NCC)NC1CC1C1CCCCC1. The molecule has 3 nitrogen and oxygen atoms in total. The summed E-state index contributed by atoms with van der Waals surface area (Å²) in [5, 5.41) is 6.77. The fourth-order valence-corrected chi connectivity index (χ4v) is 3.08. The van der Waals surface area contributed by atoms with Gasteiger partial charge in [-0.05, 0) is 25.2 Å². The van der Waals surface area contributed by atoms with E-state index in [0.29, 0.717) is 12.6 Å². The van der Waals surface area contributed by atoms with E-state index < -0.39 is 0 Å². The van der Waals surface area contributed by atoms with Crippen LogP contribution in [0.25, 0.3) is 0 Å². The first kappa shape index (κ1) is 13.3. The number of guanidine groups is 1. The van der Waals surface area contributed by atoms with Gasteiger partial charge in [0.1, 0.15) is 6.54 Å². The second-order valence-electron chi connectivity index (χ2n) is 5.45. The number of aliphatic imine (C=N–C) groups is 1. The van der Waals surface area contributed by atoms with Crippen LogP contribution in [0.4, 0.5) is 0 Å². The van der Waals surface area contributed by atoms with E-state index in [1.807, 2.05) is 0 Å². The summed E-state index contributed by atoms with van der Waals surface area (Å²) in [7, 11) is 0. The Morgan fingerprint density at radius 2 is 2.11 bits per heavy atom. The quantitative estimate of drug-likeness (QED) is 0.454. The second kappa shape index (κ2) is 6.68. The van der Waals surface area contributed by atoms with Crippen LogP contribution in [0.2, 0.25) is 0 Å². The summed E-state index contributed by atoms with van der Waals surface area (Å²) in [6.07, 6.45) is 13.7. The molecule has 2 atom stereocenters. The summed E-state index contributed by atoms with van der Waals surface area (Å²) in [4.78, 5) is 4.35. The molecule has 2 aliphatic carbocycles. The molecule has 2 N–H and O–H groups in total. The van der Waals surface area contributed by atoms with E-state index >= 15 is 0 Å². The Morgan fingerprint density at radius 3 is 2.78 bits per heavy atom.